The molecule has 170 valence electrons. The summed E-state index contributed by atoms with van der Waals surface area (Å²) in [5.41, 5.74) is 9.17. The molecule has 0 unspecified atom stereocenters. The number of primary amides is 1. The smallest absolute Gasteiger partial charge is 0.269 e. The predicted octanol–water partition coefficient (Wildman–Crippen LogP) is 4.92. The van der Waals surface area contributed by atoms with Crippen molar-refractivity contribution in [1.29, 1.82) is 0 Å². The zero-order chi connectivity index (χ0) is 24.0. The minimum atomic E-state index is -0.781. The van der Waals surface area contributed by atoms with Gasteiger partial charge < -0.3 is 11.1 Å². The second-order valence-electron chi connectivity index (χ2n) is 7.89. The topological polar surface area (TPSA) is 90.0 Å². The molecule has 0 bridgehead atoms. The number of aromatic nitrogens is 2. The number of amides is 2. The molecule has 3 aromatic carbocycles. The van der Waals surface area contributed by atoms with Crippen molar-refractivity contribution in [2.45, 2.75) is 12.8 Å². The number of carbonyl (C=O) groups is 2. The summed E-state index contributed by atoms with van der Waals surface area (Å²) in [5.74, 6) is -2.69. The molecule has 1 aromatic heterocycles. The van der Waals surface area contributed by atoms with Crippen LogP contribution in [0.4, 0.5) is 14.5 Å². The Morgan fingerprint density at radius 3 is 2.44 bits per heavy atom. The van der Waals surface area contributed by atoms with Crippen molar-refractivity contribution >= 4 is 29.1 Å². The molecule has 0 aliphatic heterocycles. The third-order valence-corrected chi connectivity index (χ3v) is 6.02. The van der Waals surface area contributed by atoms with E-state index in [2.05, 4.69) is 10.4 Å². The van der Waals surface area contributed by atoms with Crippen LogP contribution < -0.4 is 11.1 Å². The third-order valence-electron chi connectivity index (χ3n) is 5.69. The summed E-state index contributed by atoms with van der Waals surface area (Å²) in [4.78, 5) is 24.8. The lowest BCUT2D eigenvalue weighted by molar-refractivity contribution is 0.0992. The van der Waals surface area contributed by atoms with Gasteiger partial charge in [-0.2, -0.15) is 5.10 Å². The van der Waals surface area contributed by atoms with Crippen LogP contribution in [0.5, 0.6) is 0 Å². The maximum atomic E-state index is 14.0. The Morgan fingerprint density at radius 2 is 1.74 bits per heavy atom. The van der Waals surface area contributed by atoms with Crippen LogP contribution in [0.25, 0.3) is 16.9 Å². The average Bonchev–Trinajstić information content (AvgIpc) is 3.19. The fraction of sp³-hybridized carbons (Fsp3) is 0.0800. The van der Waals surface area contributed by atoms with Crippen LogP contribution in [0, 0.1) is 11.6 Å². The molecule has 3 N–H and O–H groups in total. The van der Waals surface area contributed by atoms with Crippen molar-refractivity contribution in [3.63, 3.8) is 0 Å². The van der Waals surface area contributed by atoms with E-state index in [0.717, 1.165) is 23.8 Å². The average molecular weight is 479 g/mol. The molecule has 0 atom stereocenters. The molecule has 0 saturated heterocycles. The van der Waals surface area contributed by atoms with E-state index in [-0.39, 0.29) is 17.3 Å². The van der Waals surface area contributed by atoms with Crippen molar-refractivity contribution < 1.29 is 18.4 Å². The van der Waals surface area contributed by atoms with Gasteiger partial charge in [0, 0.05) is 22.9 Å². The Balaban J connectivity index is 1.63. The highest BCUT2D eigenvalue weighted by Crippen LogP contribution is 2.38. The summed E-state index contributed by atoms with van der Waals surface area (Å²) >= 11 is 6.14. The molecule has 6 nitrogen and oxygen atoms in total. The number of carbonyl (C=O) groups excluding carboxylic acids is 2. The number of halogens is 3. The lowest BCUT2D eigenvalue weighted by atomic mass is 9.88. The largest absolute Gasteiger partial charge is 0.364 e. The molecular weight excluding hydrogens is 462 g/mol. The van der Waals surface area contributed by atoms with E-state index >= 15 is 0 Å². The standard InChI is InChI=1S/C25H17ClF2N4O2/c26-21-4-2-1-3-18(21)25(34)30-16-7-5-13-6-8-19-22(24(29)33)31-32(23(19)20(13)12-16)17-10-14(27)9-15(28)11-17/h1-5,7,9-12H,6,8H2,(H2,29,33)(H,30,34). The maximum Gasteiger partial charge on any atom is 0.269 e. The summed E-state index contributed by atoms with van der Waals surface area (Å²) in [6, 6.07) is 15.0. The maximum absolute atomic E-state index is 14.0. The van der Waals surface area contributed by atoms with Gasteiger partial charge in [0.1, 0.15) is 11.6 Å². The van der Waals surface area contributed by atoms with Crippen molar-refractivity contribution in [1.82, 2.24) is 9.78 Å². The number of anilines is 1. The van der Waals surface area contributed by atoms with Crippen LogP contribution in [0.3, 0.4) is 0 Å². The predicted molar refractivity (Wildman–Crippen MR) is 124 cm³/mol. The van der Waals surface area contributed by atoms with E-state index in [1.807, 2.05) is 6.07 Å². The first-order valence-corrected chi connectivity index (χ1v) is 10.8. The van der Waals surface area contributed by atoms with E-state index < -0.39 is 17.5 Å². The second kappa shape index (κ2) is 8.39. The second-order valence-corrected chi connectivity index (χ2v) is 8.29. The minimum absolute atomic E-state index is 0.0378. The van der Waals surface area contributed by atoms with Crippen LogP contribution in [0.2, 0.25) is 5.02 Å². The van der Waals surface area contributed by atoms with E-state index in [1.54, 1.807) is 36.4 Å². The number of benzene rings is 3. The molecule has 9 heteroatoms. The van der Waals surface area contributed by atoms with Crippen molar-refractivity contribution in [3.8, 4) is 16.9 Å². The van der Waals surface area contributed by atoms with Gasteiger partial charge in [-0.1, -0.05) is 29.8 Å². The molecule has 0 spiro atoms. The first kappa shape index (κ1) is 21.8. The molecule has 2 amide bonds. The highest BCUT2D eigenvalue weighted by atomic mass is 35.5. The lowest BCUT2D eigenvalue weighted by Crippen LogP contribution is -2.15. The van der Waals surface area contributed by atoms with Crippen LogP contribution in [-0.2, 0) is 12.8 Å². The Kier molecular flexibility index (Phi) is 5.37. The number of aryl methyl sites for hydroxylation is 1. The molecule has 5 rings (SSSR count). The molecule has 0 saturated carbocycles. The minimum Gasteiger partial charge on any atom is -0.364 e. The van der Waals surface area contributed by atoms with Gasteiger partial charge in [-0.05, 0) is 54.8 Å². The van der Waals surface area contributed by atoms with Gasteiger partial charge in [-0.15, -0.1) is 0 Å². The lowest BCUT2D eigenvalue weighted by Gasteiger charge is -2.20. The summed E-state index contributed by atoms with van der Waals surface area (Å²) < 4.78 is 29.3. The normalized spacial score (nSPS) is 12.1. The SMILES string of the molecule is NC(=O)c1nn(-c2cc(F)cc(F)c2)c2c1CCc1ccc(NC(=O)c3ccccc3Cl)cc1-2. The number of nitrogens with zero attached hydrogens (tertiary/aromatic N) is 2. The van der Waals surface area contributed by atoms with E-state index in [4.69, 9.17) is 17.3 Å². The Bertz CT molecular complexity index is 1460. The van der Waals surface area contributed by atoms with Gasteiger partial charge in [-0.3, -0.25) is 9.59 Å². The fourth-order valence-corrected chi connectivity index (χ4v) is 4.43. The van der Waals surface area contributed by atoms with E-state index in [0.29, 0.717) is 45.9 Å². The quantitative estimate of drug-likeness (QED) is 0.436. The molecule has 1 aliphatic rings. The first-order chi connectivity index (χ1) is 16.3. The number of nitrogens with one attached hydrogen (secondary N) is 1. The van der Waals surface area contributed by atoms with Crippen LogP contribution in [0.15, 0.2) is 60.7 Å². The number of hydrogen-bond donors (Lipinski definition) is 2. The van der Waals surface area contributed by atoms with Crippen LogP contribution in [-0.4, -0.2) is 21.6 Å². The van der Waals surface area contributed by atoms with Gasteiger partial charge in [0.05, 0.1) is 22.0 Å². The first-order valence-electron chi connectivity index (χ1n) is 10.4. The molecular formula is C25H17ClF2N4O2. The van der Waals surface area contributed by atoms with Gasteiger partial charge in [0.15, 0.2) is 5.69 Å². The number of nitrogens with two attached hydrogens (primary N) is 1. The molecule has 34 heavy (non-hydrogen) atoms. The molecule has 4 aromatic rings. The van der Waals surface area contributed by atoms with Crippen molar-refractivity contribution in [2.75, 3.05) is 5.32 Å². The van der Waals surface area contributed by atoms with Crippen molar-refractivity contribution in [3.05, 3.63) is 99.7 Å². The van der Waals surface area contributed by atoms with E-state index in [1.165, 1.54) is 4.68 Å². The highest BCUT2D eigenvalue weighted by Gasteiger charge is 2.29. The zero-order valence-corrected chi connectivity index (χ0v) is 18.4. The van der Waals surface area contributed by atoms with Gasteiger partial charge in [-0.25, -0.2) is 13.5 Å². The zero-order valence-electron chi connectivity index (χ0n) is 17.6. The molecule has 0 radical (unpaired) electrons. The monoisotopic (exact) mass is 478 g/mol. The summed E-state index contributed by atoms with van der Waals surface area (Å²) in [7, 11) is 0. The van der Waals surface area contributed by atoms with Crippen LogP contribution in [0.1, 0.15) is 32.0 Å². The van der Waals surface area contributed by atoms with Gasteiger partial charge >= 0.3 is 0 Å². The number of fused-ring (bicyclic) bond motifs is 3. The summed E-state index contributed by atoms with van der Waals surface area (Å²) in [6.07, 6.45) is 1.08. The molecule has 0 fully saturated rings. The fourth-order valence-electron chi connectivity index (χ4n) is 4.21. The van der Waals surface area contributed by atoms with Crippen molar-refractivity contribution in [2.24, 2.45) is 5.73 Å². The van der Waals surface area contributed by atoms with E-state index in [9.17, 15) is 18.4 Å². The van der Waals surface area contributed by atoms with Gasteiger partial charge in [0.25, 0.3) is 11.8 Å². The highest BCUT2D eigenvalue weighted by molar-refractivity contribution is 6.34. The Morgan fingerprint density at radius 1 is 1.00 bits per heavy atom. The Hall–Kier alpha value is -4.04. The van der Waals surface area contributed by atoms with Crippen LogP contribution >= 0.6 is 11.6 Å². The molecule has 1 heterocycles. The number of hydrogen-bond acceptors (Lipinski definition) is 3. The molecule has 1 aliphatic carbocycles. The van der Waals surface area contributed by atoms with Gasteiger partial charge in [0.2, 0.25) is 0 Å². The number of rotatable bonds is 4. The Labute approximate surface area is 198 Å². The third kappa shape index (κ3) is 3.82. The summed E-state index contributed by atoms with van der Waals surface area (Å²) in [5, 5.41) is 7.44. The summed E-state index contributed by atoms with van der Waals surface area (Å²) in [6.45, 7) is 0.